The van der Waals surface area contributed by atoms with Gasteiger partial charge in [-0.3, -0.25) is 4.79 Å². The Morgan fingerprint density at radius 2 is 2.23 bits per heavy atom. The number of carboxylic acids is 1. The Morgan fingerprint density at radius 3 is 2.77 bits per heavy atom. The summed E-state index contributed by atoms with van der Waals surface area (Å²) in [4.78, 5) is 10.8. The standard InChI is InChI=1S/C13H19NO6S2/c1-13(2)8-20-9(6-10(15)16)7-14(13)22(17,18)12-5-4-11(19-3)21-12/h4-5,9H,6-8H2,1-3H3,(H,15,16). The number of nitrogens with zero attached hydrogens (tertiary/aromatic N) is 1. The largest absolute Gasteiger partial charge is 0.487 e. The first-order valence-corrected chi connectivity index (χ1v) is 8.92. The topological polar surface area (TPSA) is 93.1 Å². The molecule has 1 N–H and O–H groups in total. The summed E-state index contributed by atoms with van der Waals surface area (Å²) in [5.74, 6) is -1.01. The molecule has 0 spiro atoms. The Bertz CT molecular complexity index is 651. The van der Waals surface area contributed by atoms with E-state index in [0.29, 0.717) is 5.06 Å². The van der Waals surface area contributed by atoms with Crippen LogP contribution in [0.2, 0.25) is 0 Å². The van der Waals surface area contributed by atoms with Gasteiger partial charge in [0.05, 0.1) is 31.8 Å². The number of methoxy groups -OCH3 is 1. The maximum atomic E-state index is 12.8. The zero-order valence-electron chi connectivity index (χ0n) is 12.6. The summed E-state index contributed by atoms with van der Waals surface area (Å²) in [5.41, 5.74) is -0.745. The summed E-state index contributed by atoms with van der Waals surface area (Å²) in [6.07, 6.45) is -0.877. The SMILES string of the molecule is COc1ccc(S(=O)(=O)N2CC(CC(=O)O)OCC2(C)C)s1. The van der Waals surface area contributed by atoms with Gasteiger partial charge >= 0.3 is 5.97 Å². The fraction of sp³-hybridized carbons (Fsp3) is 0.615. The van der Waals surface area contributed by atoms with Crippen molar-refractivity contribution in [3.63, 3.8) is 0 Å². The highest BCUT2D eigenvalue weighted by Crippen LogP contribution is 2.35. The number of aliphatic carboxylic acids is 1. The van der Waals surface area contributed by atoms with Crippen LogP contribution < -0.4 is 4.74 Å². The number of morpholine rings is 1. The van der Waals surface area contributed by atoms with Crippen molar-refractivity contribution in [3.05, 3.63) is 12.1 Å². The number of carboxylic acid groups (broad SMARTS) is 1. The number of ether oxygens (including phenoxy) is 2. The van der Waals surface area contributed by atoms with Gasteiger partial charge in [-0.15, -0.1) is 0 Å². The molecule has 1 aromatic rings. The van der Waals surface area contributed by atoms with E-state index in [0.717, 1.165) is 11.3 Å². The molecule has 124 valence electrons. The third-order valence-electron chi connectivity index (χ3n) is 3.42. The minimum Gasteiger partial charge on any atom is -0.487 e. The molecule has 1 aliphatic heterocycles. The molecule has 0 aliphatic carbocycles. The van der Waals surface area contributed by atoms with Crippen LogP contribution in [-0.4, -0.2) is 55.7 Å². The van der Waals surface area contributed by atoms with E-state index in [-0.39, 0.29) is 23.8 Å². The smallest absolute Gasteiger partial charge is 0.306 e. The van der Waals surface area contributed by atoms with Gasteiger partial charge in [-0.25, -0.2) is 8.42 Å². The van der Waals surface area contributed by atoms with Gasteiger partial charge in [-0.2, -0.15) is 4.31 Å². The summed E-state index contributed by atoms with van der Waals surface area (Å²) in [7, 11) is -2.25. The van der Waals surface area contributed by atoms with Gasteiger partial charge in [0.25, 0.3) is 10.0 Å². The van der Waals surface area contributed by atoms with E-state index < -0.39 is 27.6 Å². The van der Waals surface area contributed by atoms with Crippen LogP contribution in [0.3, 0.4) is 0 Å². The number of hydrogen-bond acceptors (Lipinski definition) is 6. The summed E-state index contributed by atoms with van der Waals surface area (Å²) in [6.45, 7) is 3.67. The minimum atomic E-state index is -3.73. The molecular weight excluding hydrogens is 330 g/mol. The zero-order valence-corrected chi connectivity index (χ0v) is 14.2. The Kier molecular flexibility index (Phi) is 4.81. The molecule has 1 fully saturated rings. The molecule has 0 amide bonds. The van der Waals surface area contributed by atoms with Crippen molar-refractivity contribution >= 4 is 27.3 Å². The lowest BCUT2D eigenvalue weighted by Crippen LogP contribution is -2.58. The second-order valence-electron chi connectivity index (χ2n) is 5.66. The van der Waals surface area contributed by atoms with Crippen molar-refractivity contribution in [1.82, 2.24) is 4.31 Å². The monoisotopic (exact) mass is 349 g/mol. The maximum absolute atomic E-state index is 12.8. The lowest BCUT2D eigenvalue weighted by Gasteiger charge is -2.43. The van der Waals surface area contributed by atoms with E-state index in [4.69, 9.17) is 14.6 Å². The molecule has 2 heterocycles. The molecule has 0 radical (unpaired) electrons. The number of carbonyl (C=O) groups is 1. The van der Waals surface area contributed by atoms with Crippen molar-refractivity contribution in [2.24, 2.45) is 0 Å². The quantitative estimate of drug-likeness (QED) is 0.864. The molecule has 2 rings (SSSR count). The van der Waals surface area contributed by atoms with Crippen LogP contribution in [0, 0.1) is 0 Å². The third-order valence-corrected chi connectivity index (χ3v) is 7.01. The molecule has 1 saturated heterocycles. The first-order valence-electron chi connectivity index (χ1n) is 6.67. The molecule has 0 aromatic carbocycles. The predicted octanol–water partition coefficient (Wildman–Crippen LogP) is 1.40. The minimum absolute atomic E-state index is 0.0157. The summed E-state index contributed by atoms with van der Waals surface area (Å²) in [6, 6.07) is 3.09. The van der Waals surface area contributed by atoms with Gasteiger partial charge in [0.15, 0.2) is 5.06 Å². The Labute approximate surface area is 133 Å². The van der Waals surface area contributed by atoms with Crippen molar-refractivity contribution in [3.8, 4) is 5.06 Å². The fourth-order valence-electron chi connectivity index (χ4n) is 2.28. The Morgan fingerprint density at radius 1 is 1.55 bits per heavy atom. The predicted molar refractivity (Wildman–Crippen MR) is 80.8 cm³/mol. The molecule has 0 saturated carbocycles. The second-order valence-corrected chi connectivity index (χ2v) is 8.79. The number of rotatable bonds is 5. The van der Waals surface area contributed by atoms with Gasteiger partial charge < -0.3 is 14.6 Å². The average molecular weight is 349 g/mol. The zero-order chi connectivity index (χ0) is 16.5. The molecule has 0 bridgehead atoms. The molecule has 1 unspecified atom stereocenters. The normalized spacial score (nSPS) is 22.4. The van der Waals surface area contributed by atoms with Gasteiger partial charge in [0.1, 0.15) is 4.21 Å². The molecular formula is C13H19NO6S2. The van der Waals surface area contributed by atoms with E-state index in [1.165, 1.54) is 17.5 Å². The van der Waals surface area contributed by atoms with E-state index in [9.17, 15) is 13.2 Å². The van der Waals surface area contributed by atoms with Crippen molar-refractivity contribution in [2.75, 3.05) is 20.3 Å². The van der Waals surface area contributed by atoms with E-state index in [1.54, 1.807) is 19.9 Å². The lowest BCUT2D eigenvalue weighted by atomic mass is 10.0. The van der Waals surface area contributed by atoms with Crippen LogP contribution >= 0.6 is 11.3 Å². The summed E-state index contributed by atoms with van der Waals surface area (Å²) < 4.78 is 37.7. The van der Waals surface area contributed by atoms with Crippen LogP contribution in [0.1, 0.15) is 20.3 Å². The van der Waals surface area contributed by atoms with Gasteiger partial charge in [0.2, 0.25) is 0 Å². The van der Waals surface area contributed by atoms with Crippen LogP contribution in [0.5, 0.6) is 5.06 Å². The van der Waals surface area contributed by atoms with E-state index in [2.05, 4.69) is 0 Å². The van der Waals surface area contributed by atoms with E-state index in [1.807, 2.05) is 0 Å². The molecule has 22 heavy (non-hydrogen) atoms. The van der Waals surface area contributed by atoms with E-state index >= 15 is 0 Å². The van der Waals surface area contributed by atoms with Gasteiger partial charge in [-0.1, -0.05) is 11.3 Å². The molecule has 9 heteroatoms. The first kappa shape index (κ1) is 17.2. The summed E-state index contributed by atoms with van der Waals surface area (Å²) in [5, 5.41) is 9.38. The van der Waals surface area contributed by atoms with Crippen molar-refractivity contribution < 1.29 is 27.8 Å². The molecule has 1 aliphatic rings. The lowest BCUT2D eigenvalue weighted by molar-refractivity contribution is -0.143. The van der Waals surface area contributed by atoms with Gasteiger partial charge in [-0.05, 0) is 26.0 Å². The fourth-order valence-corrected chi connectivity index (χ4v) is 5.29. The highest BCUT2D eigenvalue weighted by molar-refractivity contribution is 7.91. The number of sulfonamides is 1. The Balaban J connectivity index is 2.30. The third kappa shape index (κ3) is 3.43. The van der Waals surface area contributed by atoms with Crippen LogP contribution in [0.15, 0.2) is 16.3 Å². The second kappa shape index (κ2) is 6.15. The molecule has 7 nitrogen and oxygen atoms in total. The molecule has 1 atom stereocenters. The number of hydrogen-bond donors (Lipinski definition) is 1. The van der Waals surface area contributed by atoms with Crippen molar-refractivity contribution in [2.45, 2.75) is 36.1 Å². The first-order chi connectivity index (χ1) is 10.2. The van der Waals surface area contributed by atoms with Crippen LogP contribution in [0.4, 0.5) is 0 Å². The van der Waals surface area contributed by atoms with Crippen molar-refractivity contribution in [1.29, 1.82) is 0 Å². The van der Waals surface area contributed by atoms with Crippen LogP contribution in [-0.2, 0) is 19.6 Å². The molecule has 1 aromatic heterocycles. The maximum Gasteiger partial charge on any atom is 0.306 e. The highest BCUT2D eigenvalue weighted by Gasteiger charge is 2.43. The highest BCUT2D eigenvalue weighted by atomic mass is 32.2. The number of thiophene rings is 1. The Hall–Kier alpha value is -1.16. The summed E-state index contributed by atoms with van der Waals surface area (Å²) >= 11 is 1.04. The van der Waals surface area contributed by atoms with Crippen LogP contribution in [0.25, 0.3) is 0 Å². The average Bonchev–Trinajstić information content (AvgIpc) is 2.89. The van der Waals surface area contributed by atoms with Gasteiger partial charge in [0, 0.05) is 6.54 Å².